The molecule has 70 valence electrons. The topological polar surface area (TPSA) is 30.0 Å². The Labute approximate surface area is 82.0 Å². The zero-order valence-corrected chi connectivity index (χ0v) is 8.35. The van der Waals surface area contributed by atoms with Crippen molar-refractivity contribution >= 4 is 17.1 Å². The van der Waals surface area contributed by atoms with E-state index in [1.807, 2.05) is 0 Å². The van der Waals surface area contributed by atoms with Crippen molar-refractivity contribution in [1.29, 1.82) is 0 Å². The minimum absolute atomic E-state index is 0.349. The van der Waals surface area contributed by atoms with E-state index in [2.05, 4.69) is 4.98 Å². The van der Waals surface area contributed by atoms with Crippen LogP contribution in [0.15, 0.2) is 11.7 Å². The third-order valence-electron chi connectivity index (χ3n) is 2.64. The molecule has 1 saturated carbocycles. The van der Waals surface area contributed by atoms with Gasteiger partial charge in [-0.25, -0.2) is 0 Å². The summed E-state index contributed by atoms with van der Waals surface area (Å²) >= 11 is 1.58. The fourth-order valence-corrected chi connectivity index (χ4v) is 2.50. The molecule has 2 nitrogen and oxygen atoms in total. The highest BCUT2D eigenvalue weighted by Crippen LogP contribution is 2.26. The molecule has 13 heavy (non-hydrogen) atoms. The molecular weight excluding hydrogens is 182 g/mol. The van der Waals surface area contributed by atoms with E-state index in [0.29, 0.717) is 18.1 Å². The molecule has 1 aromatic rings. The molecule has 0 atom stereocenters. The van der Waals surface area contributed by atoms with Crippen molar-refractivity contribution in [2.75, 3.05) is 0 Å². The van der Waals surface area contributed by atoms with Crippen LogP contribution < -0.4 is 0 Å². The number of hydrogen-bond donors (Lipinski definition) is 0. The Morgan fingerprint density at radius 2 is 2.31 bits per heavy atom. The van der Waals surface area contributed by atoms with Crippen LogP contribution in [0.5, 0.6) is 0 Å². The summed E-state index contributed by atoms with van der Waals surface area (Å²) < 4.78 is 0. The molecule has 0 bridgehead atoms. The first kappa shape index (κ1) is 8.88. The van der Waals surface area contributed by atoms with Crippen LogP contribution in [0.3, 0.4) is 0 Å². The Balaban J connectivity index is 1.91. The van der Waals surface area contributed by atoms with E-state index >= 15 is 0 Å². The van der Waals surface area contributed by atoms with Gasteiger partial charge in [-0.1, -0.05) is 12.8 Å². The zero-order valence-electron chi connectivity index (χ0n) is 7.53. The number of carbonyl (C=O) groups is 1. The smallest absolute Gasteiger partial charge is 0.141 e. The number of Topliss-reactive ketones (excluding diaryl/α,β-unsaturated/α-hetero) is 1. The maximum atomic E-state index is 11.7. The fraction of sp³-hybridized carbons (Fsp3) is 0.600. The molecule has 0 unspecified atom stereocenters. The number of ketones is 1. The maximum Gasteiger partial charge on any atom is 0.141 e. The first-order chi connectivity index (χ1) is 6.36. The minimum atomic E-state index is 0.349. The van der Waals surface area contributed by atoms with Crippen molar-refractivity contribution < 1.29 is 4.79 Å². The number of nitrogens with zero attached hydrogens (tertiary/aromatic N) is 1. The average molecular weight is 195 g/mol. The van der Waals surface area contributed by atoms with E-state index in [1.54, 1.807) is 23.0 Å². The SMILES string of the molecule is O=C(Cc1cncs1)C1CCCC1. The molecule has 2 rings (SSSR count). The molecule has 1 aliphatic carbocycles. The summed E-state index contributed by atoms with van der Waals surface area (Å²) in [5.74, 6) is 0.767. The van der Waals surface area contributed by atoms with E-state index in [4.69, 9.17) is 0 Å². The van der Waals surface area contributed by atoms with Crippen molar-refractivity contribution in [3.8, 4) is 0 Å². The molecule has 0 amide bonds. The molecule has 1 aliphatic rings. The van der Waals surface area contributed by atoms with Crippen LogP contribution in [0.2, 0.25) is 0 Å². The fourth-order valence-electron chi connectivity index (χ4n) is 1.89. The number of rotatable bonds is 3. The highest BCUT2D eigenvalue weighted by molar-refractivity contribution is 7.09. The predicted molar refractivity (Wildman–Crippen MR) is 52.8 cm³/mol. The van der Waals surface area contributed by atoms with Gasteiger partial charge in [-0.05, 0) is 12.8 Å². The largest absolute Gasteiger partial charge is 0.299 e. The minimum Gasteiger partial charge on any atom is -0.299 e. The Bertz CT molecular complexity index is 275. The summed E-state index contributed by atoms with van der Waals surface area (Å²) in [5.41, 5.74) is 1.79. The van der Waals surface area contributed by atoms with Gasteiger partial charge < -0.3 is 0 Å². The number of thiazole rings is 1. The van der Waals surface area contributed by atoms with E-state index in [0.717, 1.165) is 17.7 Å². The number of carbonyl (C=O) groups excluding carboxylic acids is 1. The van der Waals surface area contributed by atoms with Gasteiger partial charge in [0.15, 0.2) is 0 Å². The highest BCUT2D eigenvalue weighted by atomic mass is 32.1. The van der Waals surface area contributed by atoms with Crippen LogP contribution >= 0.6 is 11.3 Å². The van der Waals surface area contributed by atoms with E-state index in [1.165, 1.54) is 12.8 Å². The second-order valence-corrected chi connectivity index (χ2v) is 4.56. The van der Waals surface area contributed by atoms with Crippen molar-refractivity contribution in [3.63, 3.8) is 0 Å². The predicted octanol–water partition coefficient (Wildman–Crippen LogP) is 2.44. The maximum absolute atomic E-state index is 11.7. The van der Waals surface area contributed by atoms with Gasteiger partial charge >= 0.3 is 0 Å². The number of aromatic nitrogens is 1. The van der Waals surface area contributed by atoms with Gasteiger partial charge in [0.25, 0.3) is 0 Å². The lowest BCUT2D eigenvalue weighted by Crippen LogP contribution is -2.12. The van der Waals surface area contributed by atoms with Crippen LogP contribution in [0.25, 0.3) is 0 Å². The van der Waals surface area contributed by atoms with Gasteiger partial charge in [-0.2, -0.15) is 0 Å². The molecule has 0 aliphatic heterocycles. The molecule has 0 aromatic carbocycles. The van der Waals surface area contributed by atoms with Gasteiger partial charge in [0.2, 0.25) is 0 Å². The van der Waals surface area contributed by atoms with Crippen LogP contribution in [0.4, 0.5) is 0 Å². The highest BCUT2D eigenvalue weighted by Gasteiger charge is 2.22. The molecule has 1 heterocycles. The molecule has 0 spiro atoms. The lowest BCUT2D eigenvalue weighted by molar-refractivity contribution is -0.121. The third-order valence-corrected chi connectivity index (χ3v) is 3.42. The summed E-state index contributed by atoms with van der Waals surface area (Å²) in [7, 11) is 0. The molecule has 3 heteroatoms. The van der Waals surface area contributed by atoms with Crippen molar-refractivity contribution in [3.05, 3.63) is 16.6 Å². The monoisotopic (exact) mass is 195 g/mol. The average Bonchev–Trinajstić information content (AvgIpc) is 2.74. The van der Waals surface area contributed by atoms with E-state index in [-0.39, 0.29) is 0 Å². The summed E-state index contributed by atoms with van der Waals surface area (Å²) in [4.78, 5) is 16.8. The normalized spacial score (nSPS) is 17.8. The Morgan fingerprint density at radius 3 is 2.92 bits per heavy atom. The van der Waals surface area contributed by atoms with Gasteiger partial charge in [-0.3, -0.25) is 9.78 Å². The molecule has 0 saturated heterocycles. The van der Waals surface area contributed by atoms with Crippen LogP contribution in [-0.2, 0) is 11.2 Å². The van der Waals surface area contributed by atoms with Crippen molar-refractivity contribution in [2.45, 2.75) is 32.1 Å². The third kappa shape index (κ3) is 2.15. The van der Waals surface area contributed by atoms with Crippen LogP contribution in [0.1, 0.15) is 30.6 Å². The Kier molecular flexibility index (Phi) is 2.74. The first-order valence-corrected chi connectivity index (χ1v) is 5.64. The summed E-state index contributed by atoms with van der Waals surface area (Å²) in [6, 6.07) is 0. The number of hydrogen-bond acceptors (Lipinski definition) is 3. The molecular formula is C10H13NOS. The second kappa shape index (κ2) is 4.01. The summed E-state index contributed by atoms with van der Waals surface area (Å²) in [6.45, 7) is 0. The summed E-state index contributed by atoms with van der Waals surface area (Å²) in [6.07, 6.45) is 7.10. The van der Waals surface area contributed by atoms with Gasteiger partial charge in [0, 0.05) is 23.4 Å². The Hall–Kier alpha value is -0.700. The van der Waals surface area contributed by atoms with Crippen molar-refractivity contribution in [1.82, 2.24) is 4.98 Å². The first-order valence-electron chi connectivity index (χ1n) is 4.76. The molecule has 0 N–H and O–H groups in total. The lowest BCUT2D eigenvalue weighted by atomic mass is 10.00. The lowest BCUT2D eigenvalue weighted by Gasteiger charge is -2.05. The molecule has 0 radical (unpaired) electrons. The second-order valence-electron chi connectivity index (χ2n) is 3.59. The molecule has 1 aromatic heterocycles. The van der Waals surface area contributed by atoms with E-state index in [9.17, 15) is 4.79 Å². The standard InChI is InChI=1S/C10H13NOS/c12-10(8-3-1-2-4-8)5-9-6-11-7-13-9/h6-8H,1-5H2. The van der Waals surface area contributed by atoms with E-state index < -0.39 is 0 Å². The zero-order chi connectivity index (χ0) is 9.10. The molecule has 1 fully saturated rings. The quantitative estimate of drug-likeness (QED) is 0.741. The van der Waals surface area contributed by atoms with Gasteiger partial charge in [0.1, 0.15) is 5.78 Å². The van der Waals surface area contributed by atoms with Crippen LogP contribution in [0, 0.1) is 5.92 Å². The van der Waals surface area contributed by atoms with Gasteiger partial charge in [0.05, 0.1) is 5.51 Å². The summed E-state index contributed by atoms with van der Waals surface area (Å²) in [5, 5.41) is 0. The Morgan fingerprint density at radius 1 is 1.54 bits per heavy atom. The van der Waals surface area contributed by atoms with Crippen molar-refractivity contribution in [2.24, 2.45) is 5.92 Å². The van der Waals surface area contributed by atoms with Gasteiger partial charge in [-0.15, -0.1) is 11.3 Å². The van der Waals surface area contributed by atoms with Crippen LogP contribution in [-0.4, -0.2) is 10.8 Å².